The van der Waals surface area contributed by atoms with Gasteiger partial charge in [-0.2, -0.15) is 13.2 Å². The molecule has 17 heavy (non-hydrogen) atoms. The Morgan fingerprint density at radius 1 is 1.35 bits per heavy atom. The number of nitrogens with zero attached hydrogens (tertiary/aromatic N) is 1. The van der Waals surface area contributed by atoms with Gasteiger partial charge in [-0.15, -0.1) is 0 Å². The van der Waals surface area contributed by atoms with Gasteiger partial charge in [0, 0.05) is 12.8 Å². The van der Waals surface area contributed by atoms with Crippen LogP contribution in [0.15, 0.2) is 18.3 Å². The molecular weight excluding hydrogens is 233 g/mol. The van der Waals surface area contributed by atoms with Crippen molar-refractivity contribution < 1.29 is 17.9 Å². The molecule has 0 amide bonds. The molecule has 0 aromatic carbocycles. The first-order chi connectivity index (χ1) is 8.05. The molecule has 1 aromatic heterocycles. The summed E-state index contributed by atoms with van der Waals surface area (Å²) in [5.74, 6) is 0.452. The minimum atomic E-state index is -4.33. The van der Waals surface area contributed by atoms with E-state index in [0.29, 0.717) is 12.4 Å². The lowest BCUT2D eigenvalue weighted by atomic mass is 10.1. The maximum Gasteiger partial charge on any atom is 0.417 e. The predicted molar refractivity (Wildman–Crippen MR) is 56.7 cm³/mol. The largest absolute Gasteiger partial charge is 0.417 e. The summed E-state index contributed by atoms with van der Waals surface area (Å²) in [5, 5.41) is 3.06. The van der Waals surface area contributed by atoms with Gasteiger partial charge in [-0.25, -0.2) is 4.98 Å². The normalized spacial score (nSPS) is 21.2. The third-order valence-electron chi connectivity index (χ3n) is 2.60. The van der Waals surface area contributed by atoms with Crippen LogP contribution in [-0.2, 0) is 10.9 Å². The van der Waals surface area contributed by atoms with Gasteiger partial charge in [-0.3, -0.25) is 0 Å². The number of pyridine rings is 1. The topological polar surface area (TPSA) is 34.1 Å². The number of halogens is 3. The van der Waals surface area contributed by atoms with Crippen LogP contribution in [0.1, 0.15) is 18.4 Å². The van der Waals surface area contributed by atoms with Crippen molar-refractivity contribution in [3.05, 3.63) is 23.9 Å². The van der Waals surface area contributed by atoms with Crippen LogP contribution in [0.3, 0.4) is 0 Å². The molecule has 1 aliphatic rings. The molecule has 0 saturated carbocycles. The number of aromatic nitrogens is 1. The summed E-state index contributed by atoms with van der Waals surface area (Å²) in [4.78, 5) is 3.75. The first-order valence-corrected chi connectivity index (χ1v) is 5.43. The zero-order chi connectivity index (χ0) is 12.3. The SMILES string of the molecule is FC(F)(F)c1ccc(NC2CCCOC2)nc1. The zero-order valence-corrected chi connectivity index (χ0v) is 9.13. The lowest BCUT2D eigenvalue weighted by molar-refractivity contribution is -0.137. The average Bonchev–Trinajstić information content (AvgIpc) is 2.30. The van der Waals surface area contributed by atoms with E-state index in [1.54, 1.807) is 0 Å². The maximum absolute atomic E-state index is 12.3. The van der Waals surface area contributed by atoms with Crippen molar-refractivity contribution in [2.45, 2.75) is 25.1 Å². The molecule has 94 valence electrons. The van der Waals surface area contributed by atoms with Gasteiger partial charge >= 0.3 is 6.18 Å². The Labute approximate surface area is 97.0 Å². The fourth-order valence-corrected chi connectivity index (χ4v) is 1.71. The maximum atomic E-state index is 12.3. The van der Waals surface area contributed by atoms with Crippen LogP contribution in [0.2, 0.25) is 0 Å². The van der Waals surface area contributed by atoms with Gasteiger partial charge in [0.05, 0.1) is 18.2 Å². The summed E-state index contributed by atoms with van der Waals surface area (Å²) in [6.45, 7) is 1.32. The molecule has 1 fully saturated rings. The molecule has 1 aliphatic heterocycles. The Bertz CT molecular complexity index is 358. The highest BCUT2D eigenvalue weighted by Crippen LogP contribution is 2.29. The summed E-state index contributed by atoms with van der Waals surface area (Å²) >= 11 is 0. The molecule has 1 saturated heterocycles. The van der Waals surface area contributed by atoms with Crippen molar-refractivity contribution in [3.8, 4) is 0 Å². The summed E-state index contributed by atoms with van der Waals surface area (Å²) in [6.07, 6.45) is -1.59. The Balaban J connectivity index is 1.98. The minimum Gasteiger partial charge on any atom is -0.379 e. The van der Waals surface area contributed by atoms with Crippen molar-refractivity contribution in [3.63, 3.8) is 0 Å². The van der Waals surface area contributed by atoms with E-state index in [9.17, 15) is 13.2 Å². The Hall–Kier alpha value is -1.30. The molecule has 2 heterocycles. The molecule has 1 N–H and O–H groups in total. The highest BCUT2D eigenvalue weighted by Gasteiger charge is 2.30. The molecular formula is C11H13F3N2O. The van der Waals surface area contributed by atoms with Crippen LogP contribution < -0.4 is 5.32 Å². The van der Waals surface area contributed by atoms with Crippen molar-refractivity contribution in [1.29, 1.82) is 0 Å². The number of anilines is 1. The van der Waals surface area contributed by atoms with Crippen molar-refractivity contribution in [2.75, 3.05) is 18.5 Å². The van der Waals surface area contributed by atoms with E-state index in [1.165, 1.54) is 6.07 Å². The molecule has 0 spiro atoms. The smallest absolute Gasteiger partial charge is 0.379 e. The quantitative estimate of drug-likeness (QED) is 0.871. The van der Waals surface area contributed by atoms with E-state index in [1.807, 2.05) is 0 Å². The summed E-state index contributed by atoms with van der Waals surface area (Å²) < 4.78 is 42.2. The number of nitrogens with one attached hydrogen (secondary N) is 1. The average molecular weight is 246 g/mol. The van der Waals surface area contributed by atoms with E-state index in [-0.39, 0.29) is 6.04 Å². The van der Waals surface area contributed by atoms with Crippen LogP contribution in [0, 0.1) is 0 Å². The van der Waals surface area contributed by atoms with Crippen molar-refractivity contribution in [1.82, 2.24) is 4.98 Å². The Morgan fingerprint density at radius 2 is 2.18 bits per heavy atom. The van der Waals surface area contributed by atoms with E-state index in [4.69, 9.17) is 4.74 Å². The highest BCUT2D eigenvalue weighted by atomic mass is 19.4. The monoisotopic (exact) mass is 246 g/mol. The number of rotatable bonds is 2. The Morgan fingerprint density at radius 3 is 2.71 bits per heavy atom. The summed E-state index contributed by atoms with van der Waals surface area (Å²) in [5.41, 5.74) is -0.733. The van der Waals surface area contributed by atoms with Crippen LogP contribution in [0.4, 0.5) is 19.0 Å². The first kappa shape index (κ1) is 12.2. The number of hydrogen-bond donors (Lipinski definition) is 1. The minimum absolute atomic E-state index is 0.132. The van der Waals surface area contributed by atoms with Gasteiger partial charge in [0.2, 0.25) is 0 Å². The van der Waals surface area contributed by atoms with Crippen LogP contribution in [0.5, 0.6) is 0 Å². The van der Waals surface area contributed by atoms with E-state index < -0.39 is 11.7 Å². The number of hydrogen-bond acceptors (Lipinski definition) is 3. The van der Waals surface area contributed by atoms with Gasteiger partial charge in [-0.05, 0) is 25.0 Å². The van der Waals surface area contributed by atoms with Gasteiger partial charge in [0.1, 0.15) is 5.82 Å². The predicted octanol–water partition coefficient (Wildman–Crippen LogP) is 2.69. The molecule has 0 aliphatic carbocycles. The third-order valence-corrected chi connectivity index (χ3v) is 2.60. The molecule has 0 bridgehead atoms. The molecule has 1 aromatic rings. The summed E-state index contributed by atoms with van der Waals surface area (Å²) in [7, 11) is 0. The molecule has 1 atom stereocenters. The molecule has 2 rings (SSSR count). The number of alkyl halides is 3. The molecule has 6 heteroatoms. The fourth-order valence-electron chi connectivity index (χ4n) is 1.71. The zero-order valence-electron chi connectivity index (χ0n) is 9.13. The van der Waals surface area contributed by atoms with Gasteiger partial charge < -0.3 is 10.1 Å². The molecule has 1 unspecified atom stereocenters. The number of ether oxygens (including phenoxy) is 1. The van der Waals surface area contributed by atoms with Crippen LogP contribution in [0.25, 0.3) is 0 Å². The standard InChI is InChI=1S/C11H13F3N2O/c12-11(13,14)8-3-4-10(15-6-8)16-9-2-1-5-17-7-9/h3-4,6,9H,1-2,5,7H2,(H,15,16). The summed E-state index contributed by atoms with van der Waals surface area (Å²) in [6, 6.07) is 2.50. The second kappa shape index (κ2) is 4.91. The second-order valence-corrected chi connectivity index (χ2v) is 3.99. The van der Waals surface area contributed by atoms with Crippen LogP contribution >= 0.6 is 0 Å². The van der Waals surface area contributed by atoms with Crippen molar-refractivity contribution in [2.24, 2.45) is 0 Å². The molecule has 3 nitrogen and oxygen atoms in total. The van der Waals surface area contributed by atoms with Crippen LogP contribution in [-0.4, -0.2) is 24.2 Å². The van der Waals surface area contributed by atoms with Crippen molar-refractivity contribution >= 4 is 5.82 Å². The van der Waals surface area contributed by atoms with Gasteiger partial charge in [-0.1, -0.05) is 0 Å². The first-order valence-electron chi connectivity index (χ1n) is 5.43. The Kier molecular flexibility index (Phi) is 3.51. The van der Waals surface area contributed by atoms with E-state index in [0.717, 1.165) is 31.7 Å². The lowest BCUT2D eigenvalue weighted by Crippen LogP contribution is -2.30. The van der Waals surface area contributed by atoms with Gasteiger partial charge in [0.15, 0.2) is 0 Å². The second-order valence-electron chi connectivity index (χ2n) is 3.99. The third kappa shape index (κ3) is 3.33. The van der Waals surface area contributed by atoms with E-state index in [2.05, 4.69) is 10.3 Å². The molecule has 0 radical (unpaired) electrons. The fraction of sp³-hybridized carbons (Fsp3) is 0.545. The van der Waals surface area contributed by atoms with E-state index >= 15 is 0 Å². The highest BCUT2D eigenvalue weighted by molar-refractivity contribution is 5.37. The van der Waals surface area contributed by atoms with Gasteiger partial charge in [0.25, 0.3) is 0 Å². The lowest BCUT2D eigenvalue weighted by Gasteiger charge is -2.23.